The first-order chi connectivity index (χ1) is 37.8. The Morgan fingerprint density at radius 3 is 1.05 bits per heavy atom. The van der Waals surface area contributed by atoms with E-state index in [-0.39, 0.29) is 26.9 Å². The van der Waals surface area contributed by atoms with Crippen molar-refractivity contribution in [3.05, 3.63) is 206 Å². The van der Waals surface area contributed by atoms with Crippen molar-refractivity contribution in [2.45, 2.75) is 0 Å². The fourth-order valence-electron chi connectivity index (χ4n) is 16.4. The molecular weight excluding hydrogens is 924 g/mol. The minimum absolute atomic E-state index is 0.0372. The number of rotatable bonds is 0. The van der Waals surface area contributed by atoms with Crippen molar-refractivity contribution in [2.75, 3.05) is 9.80 Å². The van der Waals surface area contributed by atoms with Crippen LogP contribution in [0.2, 0.25) is 0 Å². The van der Waals surface area contributed by atoms with Gasteiger partial charge < -0.3 is 28.4 Å². The minimum atomic E-state index is -0.0999. The molecule has 0 amide bonds. The molecule has 0 N–H and O–H groups in total. The first-order valence-electron chi connectivity index (χ1n) is 26.7. The number of nitrogens with zero attached hydrogens (tertiary/aromatic N) is 4. The number of hydrogen-bond donors (Lipinski definition) is 0. The van der Waals surface area contributed by atoms with Crippen LogP contribution in [-0.2, 0) is 0 Å². The van der Waals surface area contributed by atoms with Gasteiger partial charge in [0.15, 0.2) is 0 Å². The van der Waals surface area contributed by atoms with E-state index >= 15 is 0 Å². The van der Waals surface area contributed by atoms with Gasteiger partial charge in [0.2, 0.25) is 0 Å². The largest absolute Gasteiger partial charge is 0.458 e. The molecule has 0 saturated heterocycles. The summed E-state index contributed by atoms with van der Waals surface area (Å²) in [5.74, 6) is 3.48. The highest BCUT2D eigenvalue weighted by Crippen LogP contribution is 2.49. The van der Waals surface area contributed by atoms with Gasteiger partial charge in [-0.15, -0.1) is 0 Å². The molecule has 76 heavy (non-hydrogen) atoms. The summed E-state index contributed by atoms with van der Waals surface area (Å²) in [4.78, 5) is 5.15. The molecule has 2 aromatic heterocycles. The number of ether oxygens (including phenoxy) is 2. The number of aromatic nitrogens is 2. The van der Waals surface area contributed by atoms with Gasteiger partial charge in [-0.05, 0) is 102 Å². The van der Waals surface area contributed by atoms with Gasteiger partial charge in [0.1, 0.15) is 23.0 Å². The van der Waals surface area contributed by atoms with Crippen molar-refractivity contribution < 1.29 is 9.47 Å². The van der Waals surface area contributed by atoms with Crippen LogP contribution < -0.4 is 84.8 Å². The van der Waals surface area contributed by atoms with E-state index in [0.29, 0.717) is 0 Å². The number of para-hydroxylation sites is 8. The van der Waals surface area contributed by atoms with Crippen LogP contribution in [0.25, 0.3) is 55.0 Å². The lowest BCUT2D eigenvalue weighted by Gasteiger charge is -2.48. The molecule has 0 bridgehead atoms. The van der Waals surface area contributed by atoms with Gasteiger partial charge in [-0.1, -0.05) is 152 Å². The number of anilines is 6. The van der Waals surface area contributed by atoms with Gasteiger partial charge in [-0.3, -0.25) is 0 Å². The van der Waals surface area contributed by atoms with Crippen molar-refractivity contribution in [2.24, 2.45) is 0 Å². The Kier molecular flexibility index (Phi) is 6.36. The Hall–Kier alpha value is -9.52. The summed E-state index contributed by atoms with van der Waals surface area (Å²) in [7, 11) is 0. The van der Waals surface area contributed by atoms with Gasteiger partial charge in [0.05, 0.1) is 11.0 Å². The van der Waals surface area contributed by atoms with Crippen LogP contribution in [0.4, 0.5) is 34.1 Å². The zero-order valence-electron chi connectivity index (χ0n) is 40.5. The predicted molar refractivity (Wildman–Crippen MR) is 316 cm³/mol. The molecule has 8 aliphatic heterocycles. The molecular formula is C66H34B4N4O2. The molecule has 0 unspecified atom stereocenters. The van der Waals surface area contributed by atoms with E-state index in [1.807, 2.05) is 0 Å². The standard InChI is InChI=1S/C66H34B4N4O2/c1-7-25-47-35(15-1)37-17-13-23-43-63(37)71(47)53-32-57-61-65-59(53)67(43)39-19-3-9-27-49(39)73(65)51-29-11-5-21-41(51)69(61)45-31-46-56(34-55(45)75-57)76-58-33-54-60-66-62(58)70(46)42-22-6-12-30-52(42)74(66)50-28-10-4-20-40(50)68(60)44-24-14-18-38-36-16-2-8-26-48(36)72(54)64(38)44/h1-34H. The normalized spacial score (nSPS) is 14.9. The highest BCUT2D eigenvalue weighted by molar-refractivity contribution is 7.06. The van der Waals surface area contributed by atoms with Gasteiger partial charge in [-0.25, -0.2) is 0 Å². The summed E-state index contributed by atoms with van der Waals surface area (Å²) in [6, 6.07) is 77.8. The topological polar surface area (TPSA) is 34.8 Å². The van der Waals surface area contributed by atoms with Crippen molar-refractivity contribution in [3.63, 3.8) is 0 Å². The van der Waals surface area contributed by atoms with Crippen molar-refractivity contribution in [1.82, 2.24) is 9.13 Å². The van der Waals surface area contributed by atoms with E-state index < -0.39 is 0 Å². The Morgan fingerprint density at radius 1 is 0.263 bits per heavy atom. The summed E-state index contributed by atoms with van der Waals surface area (Å²) in [6.07, 6.45) is 0. The van der Waals surface area contributed by atoms with Crippen LogP contribution in [0.5, 0.6) is 23.0 Å². The molecule has 0 atom stereocenters. The van der Waals surface area contributed by atoms with E-state index in [1.165, 1.54) is 155 Å². The quantitative estimate of drug-likeness (QED) is 0.154. The average Bonchev–Trinajstić information content (AvgIpc) is 3.81. The number of hydrogen-bond acceptors (Lipinski definition) is 4. The fraction of sp³-hybridized carbons (Fsp3) is 0. The van der Waals surface area contributed by atoms with Crippen molar-refractivity contribution in [3.8, 4) is 34.4 Å². The summed E-state index contributed by atoms with van der Waals surface area (Å²) in [5, 5.41) is 5.09. The highest BCUT2D eigenvalue weighted by Gasteiger charge is 2.54. The molecule has 0 fully saturated rings. The van der Waals surface area contributed by atoms with E-state index in [1.54, 1.807) is 0 Å². The molecule has 8 aliphatic rings. The second-order valence-corrected chi connectivity index (χ2v) is 22.1. The molecule has 0 saturated carbocycles. The Bertz CT molecular complexity index is 4730. The van der Waals surface area contributed by atoms with Gasteiger partial charge >= 0.3 is 0 Å². The van der Waals surface area contributed by atoms with E-state index in [4.69, 9.17) is 9.47 Å². The Morgan fingerprint density at radius 2 is 0.618 bits per heavy atom. The zero-order valence-corrected chi connectivity index (χ0v) is 40.5. The maximum absolute atomic E-state index is 7.56. The van der Waals surface area contributed by atoms with Crippen LogP contribution in [0, 0.1) is 0 Å². The third kappa shape index (κ3) is 4.08. The molecule has 13 aromatic rings. The Balaban J connectivity index is 0.853. The zero-order chi connectivity index (χ0) is 48.5. The average molecular weight is 958 g/mol. The number of benzene rings is 11. The fourth-order valence-corrected chi connectivity index (χ4v) is 16.4. The molecule has 0 radical (unpaired) electrons. The lowest BCUT2D eigenvalue weighted by molar-refractivity contribution is 0.465. The second-order valence-electron chi connectivity index (χ2n) is 22.1. The van der Waals surface area contributed by atoms with E-state index in [2.05, 4.69) is 225 Å². The molecule has 342 valence electrons. The smallest absolute Gasteiger partial charge is 0.256 e. The summed E-state index contributed by atoms with van der Waals surface area (Å²) in [6.45, 7) is -0.125. The monoisotopic (exact) mass is 958 g/mol. The van der Waals surface area contributed by atoms with Gasteiger partial charge in [-0.2, -0.15) is 0 Å². The maximum atomic E-state index is 7.56. The van der Waals surface area contributed by atoms with E-state index in [9.17, 15) is 0 Å². The van der Waals surface area contributed by atoms with E-state index in [0.717, 1.165) is 23.0 Å². The van der Waals surface area contributed by atoms with Crippen molar-refractivity contribution >= 4 is 170 Å². The highest BCUT2D eigenvalue weighted by atomic mass is 16.5. The van der Waals surface area contributed by atoms with Crippen LogP contribution in [0.15, 0.2) is 206 Å². The lowest BCUT2D eigenvalue weighted by Crippen LogP contribution is -2.69. The first kappa shape index (κ1) is 38.1. The third-order valence-electron chi connectivity index (χ3n) is 19.0. The summed E-state index contributed by atoms with van der Waals surface area (Å²) in [5.41, 5.74) is 30.1. The predicted octanol–water partition coefficient (Wildman–Crippen LogP) is 6.98. The van der Waals surface area contributed by atoms with Crippen LogP contribution in [-0.4, -0.2) is 36.0 Å². The molecule has 6 nitrogen and oxygen atoms in total. The number of fused-ring (bicyclic) bond motifs is 26. The third-order valence-corrected chi connectivity index (χ3v) is 19.0. The SMILES string of the molecule is c1ccc2c(c1)B1c3cc4c(cc3Oc3cc5c6c(c31)N2c1ccccc1B6c1cccc2c3ccccc3n-5c12)Oc1cc2c3c5c1B4c1ccccc1N5c1ccccc1B3c1cccc3c4ccccc4n-2c13. The molecule has 0 spiro atoms. The lowest BCUT2D eigenvalue weighted by atomic mass is 9.27. The molecule has 21 rings (SSSR count). The van der Waals surface area contributed by atoms with Crippen LogP contribution in [0.1, 0.15) is 0 Å². The molecule has 0 aliphatic carbocycles. The van der Waals surface area contributed by atoms with Crippen LogP contribution in [0.3, 0.4) is 0 Å². The first-order valence-corrected chi connectivity index (χ1v) is 26.7. The van der Waals surface area contributed by atoms with Gasteiger partial charge in [0.25, 0.3) is 26.9 Å². The van der Waals surface area contributed by atoms with Crippen molar-refractivity contribution in [1.29, 1.82) is 0 Å². The molecule has 10 heteroatoms. The summed E-state index contributed by atoms with van der Waals surface area (Å²) >= 11 is 0. The Labute approximate surface area is 436 Å². The maximum Gasteiger partial charge on any atom is 0.256 e. The molecule has 11 aromatic carbocycles. The van der Waals surface area contributed by atoms with Gasteiger partial charge in [0, 0.05) is 96.3 Å². The molecule has 10 heterocycles. The minimum Gasteiger partial charge on any atom is -0.458 e. The summed E-state index contributed by atoms with van der Waals surface area (Å²) < 4.78 is 20.2. The van der Waals surface area contributed by atoms with Crippen LogP contribution >= 0.6 is 0 Å². The second kappa shape index (κ2) is 12.7.